The first-order chi connectivity index (χ1) is 20.7. The van der Waals surface area contributed by atoms with Crippen LogP contribution in [0, 0.1) is 17.2 Å². The molecule has 0 saturated carbocycles. The highest BCUT2D eigenvalue weighted by Crippen LogP contribution is 2.62. The van der Waals surface area contributed by atoms with Crippen molar-refractivity contribution in [3.05, 3.63) is 162 Å². The third kappa shape index (κ3) is 8.83. The van der Waals surface area contributed by atoms with Gasteiger partial charge in [0, 0.05) is 17.2 Å². The maximum atomic E-state index is 13.8. The van der Waals surface area contributed by atoms with Crippen molar-refractivity contribution in [1.29, 1.82) is 0 Å². The number of hydrogen-bond donors (Lipinski definition) is 1. The van der Waals surface area contributed by atoms with Crippen molar-refractivity contribution >= 4 is 40.8 Å². The third-order valence-electron chi connectivity index (χ3n) is 6.28. The Morgan fingerprint density at radius 2 is 1.14 bits per heavy atom. The van der Waals surface area contributed by atoms with E-state index < -0.39 is 17.5 Å². The van der Waals surface area contributed by atoms with Gasteiger partial charge in [-0.3, -0.25) is 10.1 Å². The molecule has 5 aromatic rings. The highest BCUT2D eigenvalue weighted by atomic mass is 35.7. The van der Waals surface area contributed by atoms with E-state index in [1.54, 1.807) is 6.20 Å². The molecule has 1 amide bonds. The zero-order valence-electron chi connectivity index (χ0n) is 23.1. The molecule has 1 N–H and O–H groups in total. The van der Waals surface area contributed by atoms with Crippen LogP contribution in [0.4, 0.5) is 0 Å². The number of nitrogens with one attached hydrogen (secondary N) is 1. The molecule has 43 heavy (non-hydrogen) atoms. The zero-order valence-corrected chi connectivity index (χ0v) is 25.5. The molecule has 0 spiro atoms. The van der Waals surface area contributed by atoms with Crippen molar-refractivity contribution in [2.45, 2.75) is 11.9 Å². The first kappa shape index (κ1) is 32.1. The molecule has 0 radical (unpaired) electrons. The van der Waals surface area contributed by atoms with E-state index in [9.17, 15) is 4.79 Å². The summed E-state index contributed by atoms with van der Waals surface area (Å²) in [6.45, 7) is 2.02. The Morgan fingerprint density at radius 1 is 0.698 bits per heavy atom. The van der Waals surface area contributed by atoms with Crippen molar-refractivity contribution in [1.82, 2.24) is 10.3 Å². The molecule has 0 aliphatic rings. The van der Waals surface area contributed by atoms with Crippen molar-refractivity contribution in [3.63, 3.8) is 0 Å². The molecular formula is C33H28ClN2O5PS. The van der Waals surface area contributed by atoms with Gasteiger partial charge in [-0.05, 0) is 67.6 Å². The number of aromatic nitrogens is 1. The second-order valence-corrected chi connectivity index (χ2v) is 14.2. The lowest BCUT2D eigenvalue weighted by Crippen LogP contribution is -2.68. The van der Waals surface area contributed by atoms with Crippen LogP contribution in [-0.4, -0.2) is 10.9 Å². The molecule has 0 bridgehead atoms. The van der Waals surface area contributed by atoms with Crippen LogP contribution in [0.15, 0.2) is 156 Å². The van der Waals surface area contributed by atoms with Crippen LogP contribution >= 0.6 is 19.0 Å². The highest BCUT2D eigenvalue weighted by Gasteiger charge is 2.50. The molecule has 7 nitrogen and oxygen atoms in total. The monoisotopic (exact) mass is 630 g/mol. The van der Waals surface area contributed by atoms with Gasteiger partial charge in [-0.25, -0.2) is 23.6 Å². The van der Waals surface area contributed by atoms with Gasteiger partial charge in [-0.1, -0.05) is 90.1 Å². The molecule has 4 aromatic carbocycles. The van der Waals surface area contributed by atoms with Crippen LogP contribution in [-0.2, 0) is 0 Å². The Kier molecular flexibility index (Phi) is 11.2. The summed E-state index contributed by atoms with van der Waals surface area (Å²) in [5, 5.41) is 9.81. The van der Waals surface area contributed by atoms with Crippen LogP contribution in [0.5, 0.6) is 0 Å². The summed E-state index contributed by atoms with van der Waals surface area (Å²) in [6.07, 6.45) is 1.79. The molecule has 0 aliphatic heterocycles. The summed E-state index contributed by atoms with van der Waals surface area (Å²) >= 11 is 1.52. The Labute approximate surface area is 257 Å². The predicted molar refractivity (Wildman–Crippen MR) is 162 cm³/mol. The lowest BCUT2D eigenvalue weighted by molar-refractivity contribution is -2.00. The maximum absolute atomic E-state index is 13.8. The number of nitrogens with zero attached hydrogens (tertiary/aromatic N) is 1. The van der Waals surface area contributed by atoms with Gasteiger partial charge in [0.05, 0.1) is 0 Å². The molecule has 0 aliphatic carbocycles. The minimum atomic E-state index is -4.94. The smallest absolute Gasteiger partial charge is 0.258 e. The van der Waals surface area contributed by atoms with Crippen LogP contribution in [0.1, 0.15) is 15.9 Å². The molecule has 10 heteroatoms. The number of halogens is 1. The maximum Gasteiger partial charge on any atom is 0.258 e. The van der Waals surface area contributed by atoms with E-state index in [2.05, 4.69) is 88.5 Å². The molecule has 0 atom stereocenters. The van der Waals surface area contributed by atoms with Crippen LogP contribution in [0.3, 0.4) is 0 Å². The SMILES string of the molecule is Cc1ccc(C(=O)NC(=CSc2ccccn2)[P+](c2ccccc2)(c2ccccc2)c2ccccc2)cc1.[O-][Cl+3]([O-])([O-])[O-]. The Bertz CT molecular complexity index is 1520. The highest BCUT2D eigenvalue weighted by molar-refractivity contribution is 8.04. The fraction of sp³-hybridized carbons (Fsp3) is 0.0303. The molecule has 218 valence electrons. The number of benzene rings is 4. The van der Waals surface area contributed by atoms with Gasteiger partial charge in [0.25, 0.3) is 5.91 Å². The summed E-state index contributed by atoms with van der Waals surface area (Å²) < 4.78 is 34.0. The third-order valence-corrected chi connectivity index (χ3v) is 11.5. The number of hydrogen-bond acceptors (Lipinski definition) is 7. The number of carbonyl (C=O) groups is 1. The van der Waals surface area contributed by atoms with Crippen molar-refractivity contribution in [3.8, 4) is 0 Å². The number of aryl methyl sites for hydroxylation is 1. The first-order valence-electron chi connectivity index (χ1n) is 13.0. The normalized spacial score (nSPS) is 11.7. The van der Waals surface area contributed by atoms with E-state index >= 15 is 0 Å². The molecule has 0 fully saturated rings. The number of amides is 1. The van der Waals surface area contributed by atoms with E-state index in [1.807, 2.05) is 67.6 Å². The minimum absolute atomic E-state index is 0.134. The largest absolute Gasteiger partial charge is 0.291 e. The Hall–Kier alpha value is -3.85. The van der Waals surface area contributed by atoms with E-state index in [0.29, 0.717) is 5.56 Å². The molecular weight excluding hydrogens is 603 g/mol. The standard InChI is InChI=1S/C33H27N2OPS.ClHO4/c1-26-20-22-27(23-21-26)33(36)35-31(25-38-32-19-11-12-24-34-32)37(28-13-5-2-6-14-28,29-15-7-3-8-16-29)30-17-9-4-10-18-30;2-1(3,4)5/h2-25H,1H3;(H,2,3,4,5). The molecule has 0 unspecified atom stereocenters. The average molecular weight is 631 g/mol. The summed E-state index contributed by atoms with van der Waals surface area (Å²) in [5.74, 6) is -0.134. The Balaban J connectivity index is 0.000000782. The lowest BCUT2D eigenvalue weighted by atomic mass is 10.1. The summed E-state index contributed by atoms with van der Waals surface area (Å²) in [4.78, 5) is 18.3. The van der Waals surface area contributed by atoms with Crippen molar-refractivity contribution in [2.24, 2.45) is 0 Å². The first-order valence-corrected chi connectivity index (χ1v) is 16.9. The fourth-order valence-electron chi connectivity index (χ4n) is 4.44. The van der Waals surface area contributed by atoms with E-state index in [0.717, 1.165) is 31.9 Å². The number of carbonyl (C=O) groups excluding carboxylic acids is 1. The molecule has 5 rings (SSSR count). The van der Waals surface area contributed by atoms with Gasteiger partial charge in [0.2, 0.25) is 0 Å². The van der Waals surface area contributed by atoms with E-state index in [4.69, 9.17) is 18.6 Å². The zero-order chi connectivity index (χ0) is 30.7. The summed E-state index contributed by atoms with van der Waals surface area (Å²) in [6, 6.07) is 45.1. The summed E-state index contributed by atoms with van der Waals surface area (Å²) in [5.41, 5.74) is 2.60. The Morgan fingerprint density at radius 3 is 1.56 bits per heavy atom. The van der Waals surface area contributed by atoms with Gasteiger partial charge in [-0.2, -0.15) is 0 Å². The quantitative estimate of drug-likeness (QED) is 0.205. The van der Waals surface area contributed by atoms with Crippen molar-refractivity contribution < 1.29 is 33.7 Å². The average Bonchev–Trinajstić information content (AvgIpc) is 3.02. The second kappa shape index (κ2) is 15.0. The molecule has 0 saturated heterocycles. The predicted octanol–water partition coefficient (Wildman–Crippen LogP) is 1.95. The fourth-order valence-corrected chi connectivity index (χ4v) is 9.66. The number of thioether (sulfide) groups is 1. The second-order valence-electron chi connectivity index (χ2n) is 9.16. The number of rotatable bonds is 8. The van der Waals surface area contributed by atoms with E-state index in [-0.39, 0.29) is 5.91 Å². The van der Waals surface area contributed by atoms with Gasteiger partial charge in [0.15, 0.2) is 12.7 Å². The minimum Gasteiger partial charge on any atom is -0.291 e. The topological polar surface area (TPSA) is 134 Å². The number of pyridine rings is 1. The van der Waals surface area contributed by atoms with Gasteiger partial charge in [0.1, 0.15) is 20.9 Å². The van der Waals surface area contributed by atoms with Crippen LogP contribution in [0.2, 0.25) is 0 Å². The van der Waals surface area contributed by atoms with Crippen molar-refractivity contribution in [2.75, 3.05) is 0 Å². The van der Waals surface area contributed by atoms with E-state index in [1.165, 1.54) is 11.8 Å². The molecule has 1 aromatic heterocycles. The van der Waals surface area contributed by atoms with Gasteiger partial charge >= 0.3 is 0 Å². The van der Waals surface area contributed by atoms with Crippen LogP contribution in [0.25, 0.3) is 0 Å². The summed E-state index contributed by atoms with van der Waals surface area (Å²) in [7, 11) is -7.45. The van der Waals surface area contributed by atoms with Gasteiger partial charge < -0.3 is 0 Å². The van der Waals surface area contributed by atoms with Gasteiger partial charge in [-0.15, -0.1) is 10.2 Å². The van der Waals surface area contributed by atoms with Crippen LogP contribution < -0.4 is 39.9 Å². The lowest BCUT2D eigenvalue weighted by Gasteiger charge is -2.29. The molecule has 1 heterocycles.